The predicted octanol–water partition coefficient (Wildman–Crippen LogP) is 4.31. The molecule has 1 aliphatic rings. The number of amides is 1. The van der Waals surface area contributed by atoms with Crippen molar-refractivity contribution in [1.29, 1.82) is 0 Å². The average molecular weight is 345 g/mol. The Morgan fingerprint density at radius 2 is 1.85 bits per heavy atom. The fraction of sp³-hybridized carbons (Fsp3) is 0.273. The van der Waals surface area contributed by atoms with Crippen molar-refractivity contribution in [2.24, 2.45) is 5.92 Å². The van der Waals surface area contributed by atoms with Gasteiger partial charge in [0.2, 0.25) is 0 Å². The molecule has 1 amide bonds. The molecule has 0 saturated heterocycles. The lowest BCUT2D eigenvalue weighted by atomic mass is 10.1. The summed E-state index contributed by atoms with van der Waals surface area (Å²) in [4.78, 5) is 15.2. The first-order chi connectivity index (χ1) is 12.7. The van der Waals surface area contributed by atoms with E-state index in [9.17, 15) is 4.79 Å². The topological polar surface area (TPSA) is 38.1 Å². The number of carbonyl (C=O) groups excluding carboxylic acids is 1. The third-order valence-corrected chi connectivity index (χ3v) is 5.14. The second kappa shape index (κ2) is 7.16. The Morgan fingerprint density at radius 3 is 2.46 bits per heavy atom. The van der Waals surface area contributed by atoms with Gasteiger partial charge >= 0.3 is 0 Å². The van der Waals surface area contributed by atoms with Gasteiger partial charge in [-0.25, -0.2) is 4.68 Å². The van der Waals surface area contributed by atoms with Crippen LogP contribution in [0, 0.1) is 5.92 Å². The molecular formula is C22H23N3O. The van der Waals surface area contributed by atoms with E-state index in [1.165, 1.54) is 18.4 Å². The highest BCUT2D eigenvalue weighted by Gasteiger charge is 2.34. The molecule has 1 unspecified atom stereocenters. The van der Waals surface area contributed by atoms with E-state index >= 15 is 0 Å². The van der Waals surface area contributed by atoms with Gasteiger partial charge in [0.25, 0.3) is 5.91 Å². The van der Waals surface area contributed by atoms with Gasteiger partial charge in [-0.1, -0.05) is 30.3 Å². The zero-order valence-corrected chi connectivity index (χ0v) is 15.0. The highest BCUT2D eigenvalue weighted by molar-refractivity contribution is 5.94. The lowest BCUT2D eigenvalue weighted by molar-refractivity contribution is 0.0654. The molecule has 0 spiro atoms. The first-order valence-electron chi connectivity index (χ1n) is 9.17. The van der Waals surface area contributed by atoms with E-state index in [0.717, 1.165) is 11.3 Å². The molecule has 1 saturated carbocycles. The van der Waals surface area contributed by atoms with Crippen LogP contribution in [0.3, 0.4) is 0 Å². The maximum absolute atomic E-state index is 13.2. The van der Waals surface area contributed by atoms with Gasteiger partial charge in [-0.3, -0.25) is 4.79 Å². The monoisotopic (exact) mass is 345 g/mol. The molecular weight excluding hydrogens is 322 g/mol. The van der Waals surface area contributed by atoms with Gasteiger partial charge in [0.05, 0.1) is 5.69 Å². The predicted molar refractivity (Wildman–Crippen MR) is 102 cm³/mol. The third-order valence-electron chi connectivity index (χ3n) is 5.14. The molecule has 132 valence electrons. The normalized spacial score (nSPS) is 14.8. The third kappa shape index (κ3) is 3.54. The highest BCUT2D eigenvalue weighted by Crippen LogP contribution is 2.36. The van der Waals surface area contributed by atoms with Crippen molar-refractivity contribution in [3.63, 3.8) is 0 Å². The van der Waals surface area contributed by atoms with Crippen LogP contribution >= 0.6 is 0 Å². The molecule has 4 heteroatoms. The van der Waals surface area contributed by atoms with E-state index in [1.807, 2.05) is 59.6 Å². The van der Waals surface area contributed by atoms with Gasteiger partial charge < -0.3 is 4.90 Å². The number of rotatable bonds is 6. The zero-order chi connectivity index (χ0) is 17.9. The number of nitrogens with zero attached hydrogens (tertiary/aromatic N) is 3. The van der Waals surface area contributed by atoms with Crippen LogP contribution in [-0.2, 0) is 6.54 Å². The highest BCUT2D eigenvalue weighted by atomic mass is 16.2. The van der Waals surface area contributed by atoms with Gasteiger partial charge in [-0.15, -0.1) is 0 Å². The van der Waals surface area contributed by atoms with Crippen LogP contribution in [-0.4, -0.2) is 26.6 Å². The van der Waals surface area contributed by atoms with Crippen molar-refractivity contribution >= 4 is 5.91 Å². The summed E-state index contributed by atoms with van der Waals surface area (Å²) >= 11 is 0. The Morgan fingerprint density at radius 1 is 1.12 bits per heavy atom. The summed E-state index contributed by atoms with van der Waals surface area (Å²) in [7, 11) is 0. The Kier molecular flexibility index (Phi) is 4.57. The molecule has 0 aliphatic heterocycles. The van der Waals surface area contributed by atoms with Gasteiger partial charge in [-0.05, 0) is 61.6 Å². The van der Waals surface area contributed by atoms with Gasteiger partial charge in [-0.2, -0.15) is 5.10 Å². The molecule has 1 aliphatic carbocycles. The lowest BCUT2D eigenvalue weighted by Crippen LogP contribution is -2.39. The largest absolute Gasteiger partial charge is 0.331 e. The Balaban J connectivity index is 1.57. The minimum atomic E-state index is 0.0975. The van der Waals surface area contributed by atoms with Crippen molar-refractivity contribution in [2.45, 2.75) is 32.4 Å². The van der Waals surface area contributed by atoms with E-state index in [4.69, 9.17) is 0 Å². The molecule has 0 bridgehead atoms. The summed E-state index contributed by atoms with van der Waals surface area (Å²) in [5, 5.41) is 4.23. The molecule has 1 heterocycles. The number of benzene rings is 2. The maximum atomic E-state index is 13.2. The van der Waals surface area contributed by atoms with Crippen LogP contribution in [0.5, 0.6) is 0 Å². The molecule has 4 nitrogen and oxygen atoms in total. The first kappa shape index (κ1) is 16.6. The SMILES string of the molecule is CC(C1CC1)N(Cc1ccccc1)C(=O)c1ccc(-n2cccn2)cc1. The van der Waals surface area contributed by atoms with Crippen molar-refractivity contribution < 1.29 is 4.79 Å². The molecule has 1 aromatic heterocycles. The van der Waals surface area contributed by atoms with E-state index in [0.29, 0.717) is 12.5 Å². The molecule has 0 radical (unpaired) electrons. The second-order valence-corrected chi connectivity index (χ2v) is 6.99. The number of hydrogen-bond donors (Lipinski definition) is 0. The standard InChI is InChI=1S/C22H23N3O/c1-17(19-8-9-19)24(16-18-6-3-2-4-7-18)22(26)20-10-12-21(13-11-20)25-15-5-14-23-25/h2-7,10-15,17,19H,8-9,16H2,1H3. The van der Waals surface area contributed by atoms with E-state index in [2.05, 4.69) is 24.2 Å². The molecule has 1 fully saturated rings. The number of aromatic nitrogens is 2. The minimum absolute atomic E-state index is 0.0975. The second-order valence-electron chi connectivity index (χ2n) is 6.99. The zero-order valence-electron chi connectivity index (χ0n) is 15.0. The molecule has 3 aromatic rings. The van der Waals surface area contributed by atoms with E-state index in [1.54, 1.807) is 10.9 Å². The summed E-state index contributed by atoms with van der Waals surface area (Å²) in [6.07, 6.45) is 6.08. The Bertz CT molecular complexity index is 852. The average Bonchev–Trinajstić information content (AvgIpc) is 3.40. The Hall–Kier alpha value is -2.88. The van der Waals surface area contributed by atoms with Crippen LogP contribution < -0.4 is 0 Å². The fourth-order valence-electron chi connectivity index (χ4n) is 3.36. The number of carbonyl (C=O) groups is 1. The van der Waals surface area contributed by atoms with Crippen LogP contribution in [0.4, 0.5) is 0 Å². The lowest BCUT2D eigenvalue weighted by Gasteiger charge is -2.30. The van der Waals surface area contributed by atoms with Gasteiger partial charge in [0.1, 0.15) is 0 Å². The van der Waals surface area contributed by atoms with Gasteiger partial charge in [0.15, 0.2) is 0 Å². The Labute approximate surface area is 154 Å². The molecule has 2 aromatic carbocycles. The van der Waals surface area contributed by atoms with Crippen molar-refractivity contribution in [2.75, 3.05) is 0 Å². The smallest absolute Gasteiger partial charge is 0.254 e. The van der Waals surface area contributed by atoms with Crippen LogP contribution in [0.2, 0.25) is 0 Å². The number of hydrogen-bond acceptors (Lipinski definition) is 2. The quantitative estimate of drug-likeness (QED) is 0.667. The summed E-state index contributed by atoms with van der Waals surface area (Å²) in [5.41, 5.74) is 2.85. The molecule has 26 heavy (non-hydrogen) atoms. The van der Waals surface area contributed by atoms with Crippen LogP contribution in [0.25, 0.3) is 5.69 Å². The summed E-state index contributed by atoms with van der Waals surface area (Å²) in [6, 6.07) is 20.1. The van der Waals surface area contributed by atoms with Crippen molar-refractivity contribution in [3.8, 4) is 5.69 Å². The van der Waals surface area contributed by atoms with Crippen LogP contribution in [0.1, 0.15) is 35.7 Å². The van der Waals surface area contributed by atoms with E-state index in [-0.39, 0.29) is 11.9 Å². The molecule has 0 N–H and O–H groups in total. The van der Waals surface area contributed by atoms with Gasteiger partial charge in [0, 0.05) is 30.5 Å². The minimum Gasteiger partial charge on any atom is -0.331 e. The first-order valence-corrected chi connectivity index (χ1v) is 9.17. The van der Waals surface area contributed by atoms with Crippen LogP contribution in [0.15, 0.2) is 73.1 Å². The maximum Gasteiger partial charge on any atom is 0.254 e. The van der Waals surface area contributed by atoms with Crippen molar-refractivity contribution in [1.82, 2.24) is 14.7 Å². The summed E-state index contributed by atoms with van der Waals surface area (Å²) < 4.78 is 1.79. The molecule has 1 atom stereocenters. The summed E-state index contributed by atoms with van der Waals surface area (Å²) in [6.45, 7) is 2.83. The van der Waals surface area contributed by atoms with E-state index < -0.39 is 0 Å². The summed E-state index contributed by atoms with van der Waals surface area (Å²) in [5.74, 6) is 0.728. The molecule has 4 rings (SSSR count). The van der Waals surface area contributed by atoms with Crippen molar-refractivity contribution in [3.05, 3.63) is 84.2 Å². The fourth-order valence-corrected chi connectivity index (χ4v) is 3.36.